The van der Waals surface area contributed by atoms with E-state index in [4.69, 9.17) is 10.5 Å². The van der Waals surface area contributed by atoms with Crippen LogP contribution in [0, 0.1) is 11.8 Å². The van der Waals surface area contributed by atoms with Crippen LogP contribution >= 0.6 is 0 Å². The summed E-state index contributed by atoms with van der Waals surface area (Å²) >= 11 is 0. The third-order valence-electron chi connectivity index (χ3n) is 3.30. The fourth-order valence-electron chi connectivity index (χ4n) is 2.00. The molecule has 0 unspecified atom stereocenters. The normalized spacial score (nSPS) is 9.54. The van der Waals surface area contributed by atoms with Gasteiger partial charge in [-0.3, -0.25) is 9.59 Å². The van der Waals surface area contributed by atoms with Gasteiger partial charge in [0.25, 0.3) is 0 Å². The van der Waals surface area contributed by atoms with E-state index in [0.29, 0.717) is 12.0 Å². The second kappa shape index (κ2) is 8.39. The van der Waals surface area contributed by atoms with E-state index in [2.05, 4.69) is 17.2 Å². The molecule has 5 nitrogen and oxygen atoms in total. The maximum atomic E-state index is 11.8. The van der Waals surface area contributed by atoms with Gasteiger partial charge >= 0.3 is 0 Å². The monoisotopic (exact) mass is 322 g/mol. The molecule has 5 heteroatoms. The van der Waals surface area contributed by atoms with Crippen LogP contribution in [0.2, 0.25) is 0 Å². The predicted octanol–water partition coefficient (Wildman–Crippen LogP) is 1.50. The van der Waals surface area contributed by atoms with Gasteiger partial charge in [-0.05, 0) is 42.0 Å². The molecular weight excluding hydrogens is 304 g/mol. The van der Waals surface area contributed by atoms with E-state index in [9.17, 15) is 9.59 Å². The second-order valence-electron chi connectivity index (χ2n) is 5.04. The van der Waals surface area contributed by atoms with Gasteiger partial charge in [-0.1, -0.05) is 24.0 Å². The molecule has 122 valence electrons. The number of primary amides is 1. The molecule has 0 aliphatic heterocycles. The molecule has 0 aromatic heterocycles. The zero-order valence-electron chi connectivity index (χ0n) is 13.3. The summed E-state index contributed by atoms with van der Waals surface area (Å²) in [5.74, 6) is 5.97. The molecule has 0 heterocycles. The summed E-state index contributed by atoms with van der Waals surface area (Å²) in [4.78, 5) is 22.8. The molecule has 0 atom stereocenters. The van der Waals surface area contributed by atoms with Crippen LogP contribution in [-0.4, -0.2) is 25.5 Å². The van der Waals surface area contributed by atoms with Crippen LogP contribution in [0.5, 0.6) is 5.75 Å². The van der Waals surface area contributed by atoms with Crippen LogP contribution in [-0.2, 0) is 11.2 Å². The Morgan fingerprint density at radius 1 is 1.08 bits per heavy atom. The van der Waals surface area contributed by atoms with Crippen molar-refractivity contribution < 1.29 is 14.3 Å². The molecule has 0 saturated carbocycles. The van der Waals surface area contributed by atoms with Gasteiger partial charge in [-0.2, -0.15) is 0 Å². The lowest BCUT2D eigenvalue weighted by Crippen LogP contribution is -2.25. The maximum absolute atomic E-state index is 11.8. The number of benzene rings is 2. The summed E-state index contributed by atoms with van der Waals surface area (Å²) in [5.41, 5.74) is 7.27. The Morgan fingerprint density at radius 2 is 1.75 bits per heavy atom. The highest BCUT2D eigenvalue weighted by Gasteiger charge is 2.02. The highest BCUT2D eigenvalue weighted by Crippen LogP contribution is 2.11. The van der Waals surface area contributed by atoms with Gasteiger partial charge in [0.15, 0.2) is 0 Å². The molecule has 0 bridgehead atoms. The molecule has 0 radical (unpaired) electrons. The van der Waals surface area contributed by atoms with E-state index in [-0.39, 0.29) is 12.5 Å². The molecule has 2 amide bonds. The molecule has 2 aromatic rings. The lowest BCUT2D eigenvalue weighted by Gasteiger charge is -2.03. The van der Waals surface area contributed by atoms with Crippen molar-refractivity contribution in [3.63, 3.8) is 0 Å². The van der Waals surface area contributed by atoms with E-state index < -0.39 is 5.91 Å². The molecule has 2 aromatic carbocycles. The number of ether oxygens (including phenoxy) is 1. The minimum Gasteiger partial charge on any atom is -0.497 e. The van der Waals surface area contributed by atoms with Crippen LogP contribution in [0.3, 0.4) is 0 Å². The lowest BCUT2D eigenvalue weighted by molar-refractivity contribution is -0.120. The number of amides is 2. The number of carbonyl (C=O) groups excluding carboxylic acids is 2. The average Bonchev–Trinajstić information content (AvgIpc) is 2.60. The molecule has 3 N–H and O–H groups in total. The number of methoxy groups -OCH3 is 1. The van der Waals surface area contributed by atoms with Gasteiger partial charge in [-0.15, -0.1) is 0 Å². The fraction of sp³-hybridized carbons (Fsp3) is 0.158. The van der Waals surface area contributed by atoms with E-state index in [1.165, 1.54) is 0 Å². The second-order valence-corrected chi connectivity index (χ2v) is 5.04. The Hall–Kier alpha value is -3.26. The number of nitrogens with two attached hydrogens (primary N) is 1. The van der Waals surface area contributed by atoms with E-state index in [0.717, 1.165) is 16.9 Å². The number of hydrogen-bond donors (Lipinski definition) is 2. The van der Waals surface area contributed by atoms with Gasteiger partial charge in [0.2, 0.25) is 11.8 Å². The average molecular weight is 322 g/mol. The van der Waals surface area contributed by atoms with Crippen LogP contribution in [0.25, 0.3) is 0 Å². The van der Waals surface area contributed by atoms with Crippen molar-refractivity contribution in [2.24, 2.45) is 5.73 Å². The molecule has 0 saturated heterocycles. The van der Waals surface area contributed by atoms with Gasteiger partial charge < -0.3 is 15.8 Å². The SMILES string of the molecule is COc1ccc(CC(=O)NCC#Cc2ccc(C(N)=O)cc2)cc1. The summed E-state index contributed by atoms with van der Waals surface area (Å²) in [7, 11) is 1.60. The van der Waals surface area contributed by atoms with Crippen molar-refractivity contribution in [2.45, 2.75) is 6.42 Å². The molecule has 0 spiro atoms. The largest absolute Gasteiger partial charge is 0.497 e. The van der Waals surface area contributed by atoms with Crippen LogP contribution in [0.4, 0.5) is 0 Å². The number of carbonyl (C=O) groups is 2. The topological polar surface area (TPSA) is 81.4 Å². The zero-order valence-corrected chi connectivity index (χ0v) is 13.3. The van der Waals surface area contributed by atoms with Crippen molar-refractivity contribution in [3.05, 3.63) is 65.2 Å². The number of rotatable bonds is 5. The van der Waals surface area contributed by atoms with Crippen molar-refractivity contribution >= 4 is 11.8 Å². The third kappa shape index (κ3) is 5.18. The van der Waals surface area contributed by atoms with E-state index >= 15 is 0 Å². The van der Waals surface area contributed by atoms with Crippen molar-refractivity contribution in [1.82, 2.24) is 5.32 Å². The molecule has 24 heavy (non-hydrogen) atoms. The first-order valence-corrected chi connectivity index (χ1v) is 7.37. The Balaban J connectivity index is 1.81. The fourth-order valence-corrected chi connectivity index (χ4v) is 2.00. The summed E-state index contributed by atoms with van der Waals surface area (Å²) in [6.45, 7) is 0.257. The molecular formula is C19H18N2O3. The third-order valence-corrected chi connectivity index (χ3v) is 3.30. The van der Waals surface area contributed by atoms with E-state index in [1.54, 1.807) is 31.4 Å². The molecule has 2 rings (SSSR count). The van der Waals surface area contributed by atoms with Gasteiger partial charge in [0, 0.05) is 11.1 Å². The highest BCUT2D eigenvalue weighted by atomic mass is 16.5. The first-order valence-electron chi connectivity index (χ1n) is 7.37. The van der Waals surface area contributed by atoms with Crippen molar-refractivity contribution in [2.75, 3.05) is 13.7 Å². The van der Waals surface area contributed by atoms with Gasteiger partial charge in [0.1, 0.15) is 5.75 Å². The van der Waals surface area contributed by atoms with Gasteiger partial charge in [-0.25, -0.2) is 0 Å². The smallest absolute Gasteiger partial charge is 0.248 e. The molecule has 0 aliphatic rings. The zero-order chi connectivity index (χ0) is 17.4. The summed E-state index contributed by atoms with van der Waals surface area (Å²) in [5, 5.41) is 2.74. The highest BCUT2D eigenvalue weighted by molar-refractivity contribution is 5.92. The Labute approximate surface area is 140 Å². The minimum atomic E-state index is -0.472. The quantitative estimate of drug-likeness (QED) is 0.819. The molecule has 0 fully saturated rings. The van der Waals surface area contributed by atoms with Gasteiger partial charge in [0.05, 0.1) is 20.1 Å². The van der Waals surface area contributed by atoms with Crippen LogP contribution in [0.1, 0.15) is 21.5 Å². The summed E-state index contributed by atoms with van der Waals surface area (Å²) in [6, 6.07) is 14.0. The lowest BCUT2D eigenvalue weighted by atomic mass is 10.1. The summed E-state index contributed by atoms with van der Waals surface area (Å²) in [6.07, 6.45) is 0.291. The number of nitrogens with one attached hydrogen (secondary N) is 1. The van der Waals surface area contributed by atoms with Crippen LogP contribution < -0.4 is 15.8 Å². The van der Waals surface area contributed by atoms with Crippen LogP contribution in [0.15, 0.2) is 48.5 Å². The van der Waals surface area contributed by atoms with Crippen molar-refractivity contribution in [1.29, 1.82) is 0 Å². The first-order chi connectivity index (χ1) is 11.6. The van der Waals surface area contributed by atoms with Crippen molar-refractivity contribution in [3.8, 4) is 17.6 Å². The maximum Gasteiger partial charge on any atom is 0.248 e. The Kier molecular flexibility index (Phi) is 5.98. The molecule has 0 aliphatic carbocycles. The standard InChI is InChI=1S/C19H18N2O3/c1-24-17-10-6-15(7-11-17)13-18(22)21-12-2-3-14-4-8-16(9-5-14)19(20)23/h4-11H,12-13H2,1H3,(H2,20,23)(H,21,22). The van der Waals surface area contributed by atoms with E-state index in [1.807, 2.05) is 24.3 Å². The summed E-state index contributed by atoms with van der Waals surface area (Å²) < 4.78 is 5.07. The Morgan fingerprint density at radius 3 is 2.33 bits per heavy atom. The predicted molar refractivity (Wildman–Crippen MR) is 91.5 cm³/mol. The minimum absolute atomic E-state index is 0.0986. The Bertz CT molecular complexity index is 769. The number of hydrogen-bond acceptors (Lipinski definition) is 3. The first kappa shape index (κ1) is 17.1.